The van der Waals surface area contributed by atoms with Crippen LogP contribution < -0.4 is 5.32 Å². The van der Waals surface area contributed by atoms with E-state index in [-0.39, 0.29) is 11.9 Å². The standard InChI is InChI=1S/C16H16N2O2S/c1-10-17-12(9-21-10)6-7-15(20)18-16-13-5-3-2-4-11(13)8-14(16)19/h2-7,9,14,16,19H,8H2,1H3,(H,18,20)/b7-6+/t14-,16+/m0/s1. The number of carbonyl (C=O) groups excluding carboxylic acids is 1. The highest BCUT2D eigenvalue weighted by molar-refractivity contribution is 7.09. The maximum atomic E-state index is 12.0. The van der Waals surface area contributed by atoms with E-state index in [0.717, 1.165) is 21.8 Å². The lowest BCUT2D eigenvalue weighted by atomic mass is 10.1. The topological polar surface area (TPSA) is 62.2 Å². The monoisotopic (exact) mass is 300 g/mol. The second-order valence-electron chi connectivity index (χ2n) is 5.08. The number of amides is 1. The minimum atomic E-state index is -0.568. The van der Waals surface area contributed by atoms with E-state index in [4.69, 9.17) is 0 Å². The first-order chi connectivity index (χ1) is 10.1. The molecule has 0 spiro atoms. The second kappa shape index (κ2) is 5.79. The molecule has 108 valence electrons. The molecule has 1 aliphatic rings. The third-order valence-corrected chi connectivity index (χ3v) is 4.34. The van der Waals surface area contributed by atoms with E-state index in [9.17, 15) is 9.90 Å². The summed E-state index contributed by atoms with van der Waals surface area (Å²) in [5, 5.41) is 15.8. The predicted molar refractivity (Wildman–Crippen MR) is 82.9 cm³/mol. The molecule has 0 saturated heterocycles. The summed E-state index contributed by atoms with van der Waals surface area (Å²) in [6, 6.07) is 7.46. The van der Waals surface area contributed by atoms with Crippen molar-refractivity contribution in [2.75, 3.05) is 0 Å². The van der Waals surface area contributed by atoms with E-state index in [1.807, 2.05) is 36.6 Å². The van der Waals surface area contributed by atoms with Crippen molar-refractivity contribution in [3.8, 4) is 0 Å². The minimum Gasteiger partial charge on any atom is -0.390 e. The van der Waals surface area contributed by atoms with Crippen LogP contribution in [-0.4, -0.2) is 22.1 Å². The highest BCUT2D eigenvalue weighted by Crippen LogP contribution is 2.31. The number of aromatic nitrogens is 1. The van der Waals surface area contributed by atoms with Gasteiger partial charge in [0.2, 0.25) is 5.91 Å². The molecule has 0 aliphatic heterocycles. The zero-order valence-corrected chi connectivity index (χ0v) is 12.4. The molecule has 5 heteroatoms. The fraction of sp³-hybridized carbons (Fsp3) is 0.250. The van der Waals surface area contributed by atoms with Crippen LogP contribution in [0.25, 0.3) is 6.08 Å². The van der Waals surface area contributed by atoms with Crippen molar-refractivity contribution < 1.29 is 9.90 Å². The van der Waals surface area contributed by atoms with E-state index in [2.05, 4.69) is 10.3 Å². The zero-order valence-electron chi connectivity index (χ0n) is 11.6. The van der Waals surface area contributed by atoms with Crippen LogP contribution in [0.2, 0.25) is 0 Å². The van der Waals surface area contributed by atoms with Crippen LogP contribution in [-0.2, 0) is 11.2 Å². The lowest BCUT2D eigenvalue weighted by Gasteiger charge is -2.16. The molecule has 4 nitrogen and oxygen atoms in total. The van der Waals surface area contributed by atoms with Crippen LogP contribution in [0.3, 0.4) is 0 Å². The van der Waals surface area contributed by atoms with Crippen LogP contribution in [0.5, 0.6) is 0 Å². The third kappa shape index (κ3) is 3.04. The van der Waals surface area contributed by atoms with Crippen molar-refractivity contribution in [3.63, 3.8) is 0 Å². The number of aliphatic hydroxyl groups is 1. The lowest BCUT2D eigenvalue weighted by molar-refractivity contribution is -0.117. The molecular formula is C16H16N2O2S. The quantitative estimate of drug-likeness (QED) is 0.855. The Bertz CT molecular complexity index is 693. The molecule has 21 heavy (non-hydrogen) atoms. The van der Waals surface area contributed by atoms with Gasteiger partial charge in [0.05, 0.1) is 22.8 Å². The van der Waals surface area contributed by atoms with Crippen LogP contribution >= 0.6 is 11.3 Å². The summed E-state index contributed by atoms with van der Waals surface area (Å²) >= 11 is 1.55. The molecule has 0 saturated carbocycles. The number of thiazole rings is 1. The Hall–Kier alpha value is -1.98. The summed E-state index contributed by atoms with van der Waals surface area (Å²) in [6.45, 7) is 1.92. The number of fused-ring (bicyclic) bond motifs is 1. The van der Waals surface area contributed by atoms with E-state index in [1.165, 1.54) is 6.08 Å². The molecule has 1 aliphatic carbocycles. The predicted octanol–water partition coefficient (Wildman–Crippen LogP) is 2.24. The summed E-state index contributed by atoms with van der Waals surface area (Å²) in [5.41, 5.74) is 2.87. The Labute approximate surface area is 127 Å². The van der Waals surface area contributed by atoms with Crippen LogP contribution in [0, 0.1) is 6.92 Å². The number of carbonyl (C=O) groups is 1. The zero-order chi connectivity index (χ0) is 14.8. The molecule has 0 radical (unpaired) electrons. The first-order valence-electron chi connectivity index (χ1n) is 6.80. The number of benzene rings is 1. The molecule has 1 aromatic carbocycles. The van der Waals surface area contributed by atoms with Gasteiger partial charge in [-0.25, -0.2) is 4.98 Å². The maximum absolute atomic E-state index is 12.0. The van der Waals surface area contributed by atoms with Gasteiger partial charge in [-0.05, 0) is 24.1 Å². The molecule has 3 rings (SSSR count). The number of hydrogen-bond acceptors (Lipinski definition) is 4. The number of aliphatic hydroxyl groups excluding tert-OH is 1. The number of nitrogens with one attached hydrogen (secondary N) is 1. The van der Waals surface area contributed by atoms with E-state index < -0.39 is 6.10 Å². The Morgan fingerprint density at radius 1 is 1.48 bits per heavy atom. The number of aryl methyl sites for hydroxylation is 1. The van der Waals surface area contributed by atoms with Crippen molar-refractivity contribution >= 4 is 23.3 Å². The van der Waals surface area contributed by atoms with Gasteiger partial charge in [-0.1, -0.05) is 24.3 Å². The molecule has 2 atom stereocenters. The molecule has 0 unspecified atom stereocenters. The average molecular weight is 300 g/mol. The molecule has 0 fully saturated rings. The van der Waals surface area contributed by atoms with Crippen molar-refractivity contribution in [1.82, 2.24) is 10.3 Å². The molecule has 0 bridgehead atoms. The van der Waals surface area contributed by atoms with Gasteiger partial charge in [0.1, 0.15) is 0 Å². The third-order valence-electron chi connectivity index (χ3n) is 3.54. The summed E-state index contributed by atoms with van der Waals surface area (Å²) in [5.74, 6) is -0.221. The van der Waals surface area contributed by atoms with Gasteiger partial charge in [-0.2, -0.15) is 0 Å². The van der Waals surface area contributed by atoms with Crippen molar-refractivity contribution in [3.05, 3.63) is 57.6 Å². The Morgan fingerprint density at radius 3 is 3.05 bits per heavy atom. The van der Waals surface area contributed by atoms with E-state index in [0.29, 0.717) is 6.42 Å². The van der Waals surface area contributed by atoms with Gasteiger partial charge in [0.15, 0.2) is 0 Å². The summed E-state index contributed by atoms with van der Waals surface area (Å²) < 4.78 is 0. The molecule has 2 aromatic rings. The van der Waals surface area contributed by atoms with Crippen LogP contribution in [0.4, 0.5) is 0 Å². The number of nitrogens with zero attached hydrogens (tertiary/aromatic N) is 1. The maximum Gasteiger partial charge on any atom is 0.244 e. The van der Waals surface area contributed by atoms with Crippen LogP contribution in [0.15, 0.2) is 35.7 Å². The fourth-order valence-corrected chi connectivity index (χ4v) is 3.15. The summed E-state index contributed by atoms with van der Waals surface area (Å²) in [4.78, 5) is 16.3. The van der Waals surface area contributed by atoms with E-state index in [1.54, 1.807) is 17.4 Å². The first-order valence-corrected chi connectivity index (χ1v) is 7.68. The Morgan fingerprint density at radius 2 is 2.29 bits per heavy atom. The Balaban J connectivity index is 1.69. The average Bonchev–Trinajstić information content (AvgIpc) is 3.01. The van der Waals surface area contributed by atoms with Crippen molar-refractivity contribution in [2.24, 2.45) is 0 Å². The lowest BCUT2D eigenvalue weighted by Crippen LogP contribution is -2.32. The largest absolute Gasteiger partial charge is 0.390 e. The Kier molecular flexibility index (Phi) is 3.86. The second-order valence-corrected chi connectivity index (χ2v) is 6.14. The van der Waals surface area contributed by atoms with Crippen molar-refractivity contribution in [1.29, 1.82) is 0 Å². The molecule has 2 N–H and O–H groups in total. The van der Waals surface area contributed by atoms with Gasteiger partial charge in [0, 0.05) is 17.9 Å². The highest BCUT2D eigenvalue weighted by Gasteiger charge is 2.31. The van der Waals surface area contributed by atoms with Crippen molar-refractivity contribution in [2.45, 2.75) is 25.5 Å². The van der Waals surface area contributed by atoms with Crippen LogP contribution in [0.1, 0.15) is 27.9 Å². The van der Waals surface area contributed by atoms with Gasteiger partial charge in [0.25, 0.3) is 0 Å². The van der Waals surface area contributed by atoms with E-state index >= 15 is 0 Å². The smallest absolute Gasteiger partial charge is 0.244 e. The molecule has 1 aromatic heterocycles. The molecule has 1 amide bonds. The van der Waals surface area contributed by atoms with Gasteiger partial charge in [-0.3, -0.25) is 4.79 Å². The minimum absolute atomic E-state index is 0.221. The summed E-state index contributed by atoms with van der Waals surface area (Å²) in [6.07, 6.45) is 3.16. The fourth-order valence-electron chi connectivity index (χ4n) is 2.57. The van der Waals surface area contributed by atoms with Gasteiger partial charge in [-0.15, -0.1) is 11.3 Å². The summed E-state index contributed by atoms with van der Waals surface area (Å²) in [7, 11) is 0. The number of rotatable bonds is 3. The SMILES string of the molecule is Cc1nc(/C=C/C(=O)N[C@@H]2c3ccccc3C[C@@H]2O)cs1. The normalized spacial score (nSPS) is 20.7. The van der Waals surface area contributed by atoms with Gasteiger partial charge < -0.3 is 10.4 Å². The molecular weight excluding hydrogens is 284 g/mol. The first kappa shape index (κ1) is 14.0. The molecule has 1 heterocycles. The van der Waals surface area contributed by atoms with Gasteiger partial charge >= 0.3 is 0 Å². The number of hydrogen-bond donors (Lipinski definition) is 2. The highest BCUT2D eigenvalue weighted by atomic mass is 32.1.